The van der Waals surface area contributed by atoms with Crippen LogP contribution in [0.15, 0.2) is 42.5 Å². The maximum Gasteiger partial charge on any atom is 0.258 e. The van der Waals surface area contributed by atoms with Gasteiger partial charge in [-0.3, -0.25) is 4.79 Å². The van der Waals surface area contributed by atoms with Crippen LogP contribution in [0, 0.1) is 11.6 Å². The average Bonchev–Trinajstić information content (AvgIpc) is 2.42. The molecule has 0 aliphatic rings. The fourth-order valence-electron chi connectivity index (χ4n) is 1.75. The number of nitrogens with one attached hydrogen (secondary N) is 1. The largest absolute Gasteiger partial charge is 0.324 e. The standard InChI is InChI=1S/C15H14F2N2O/c1-9(18)10-5-7-11(8-6-10)19-15(20)12-3-2-4-13(16)14(12)17/h2-9H,18H2,1H3,(H,19,20). The first kappa shape index (κ1) is 14.1. The molecule has 0 saturated heterocycles. The molecule has 3 N–H and O–H groups in total. The molecule has 0 aliphatic heterocycles. The molecule has 0 saturated carbocycles. The van der Waals surface area contributed by atoms with Crippen LogP contribution in [0.25, 0.3) is 0 Å². The van der Waals surface area contributed by atoms with Gasteiger partial charge in [-0.15, -0.1) is 0 Å². The van der Waals surface area contributed by atoms with Crippen LogP contribution in [-0.4, -0.2) is 5.91 Å². The number of anilines is 1. The van der Waals surface area contributed by atoms with Crippen molar-refractivity contribution in [3.8, 4) is 0 Å². The molecule has 2 aromatic carbocycles. The number of rotatable bonds is 3. The molecule has 0 fully saturated rings. The number of amides is 1. The lowest BCUT2D eigenvalue weighted by Gasteiger charge is -2.09. The zero-order valence-electron chi connectivity index (χ0n) is 10.9. The van der Waals surface area contributed by atoms with Gasteiger partial charge in [-0.2, -0.15) is 0 Å². The van der Waals surface area contributed by atoms with Crippen molar-refractivity contribution in [3.63, 3.8) is 0 Å². The van der Waals surface area contributed by atoms with E-state index in [9.17, 15) is 13.6 Å². The topological polar surface area (TPSA) is 55.1 Å². The summed E-state index contributed by atoms with van der Waals surface area (Å²) in [6.07, 6.45) is 0. The molecule has 20 heavy (non-hydrogen) atoms. The van der Waals surface area contributed by atoms with Crippen LogP contribution in [0.3, 0.4) is 0 Å². The highest BCUT2D eigenvalue weighted by Crippen LogP contribution is 2.17. The van der Waals surface area contributed by atoms with Gasteiger partial charge in [-0.05, 0) is 36.8 Å². The highest BCUT2D eigenvalue weighted by Gasteiger charge is 2.15. The van der Waals surface area contributed by atoms with Crippen LogP contribution in [0.5, 0.6) is 0 Å². The van der Waals surface area contributed by atoms with Crippen molar-refractivity contribution in [1.29, 1.82) is 0 Å². The van der Waals surface area contributed by atoms with Gasteiger partial charge in [0.2, 0.25) is 0 Å². The summed E-state index contributed by atoms with van der Waals surface area (Å²) in [6, 6.07) is 10.2. The molecule has 0 radical (unpaired) electrons. The number of hydrogen-bond donors (Lipinski definition) is 2. The molecule has 2 rings (SSSR count). The van der Waals surface area contributed by atoms with Crippen LogP contribution in [-0.2, 0) is 0 Å². The van der Waals surface area contributed by atoms with Crippen LogP contribution in [0.4, 0.5) is 14.5 Å². The van der Waals surface area contributed by atoms with E-state index >= 15 is 0 Å². The molecule has 2 aromatic rings. The van der Waals surface area contributed by atoms with Gasteiger partial charge in [0.25, 0.3) is 5.91 Å². The summed E-state index contributed by atoms with van der Waals surface area (Å²) in [4.78, 5) is 11.9. The third-order valence-electron chi connectivity index (χ3n) is 2.89. The molecule has 0 spiro atoms. The minimum absolute atomic E-state index is 0.111. The summed E-state index contributed by atoms with van der Waals surface area (Å²) >= 11 is 0. The highest BCUT2D eigenvalue weighted by molar-refractivity contribution is 6.04. The lowest BCUT2D eigenvalue weighted by atomic mass is 10.1. The number of carbonyl (C=O) groups is 1. The molecule has 5 heteroatoms. The highest BCUT2D eigenvalue weighted by atomic mass is 19.2. The van der Waals surface area contributed by atoms with Crippen molar-refractivity contribution in [3.05, 3.63) is 65.2 Å². The molecular weight excluding hydrogens is 262 g/mol. The maximum absolute atomic E-state index is 13.5. The first-order valence-electron chi connectivity index (χ1n) is 6.10. The Labute approximate surface area is 115 Å². The van der Waals surface area contributed by atoms with Crippen LogP contribution >= 0.6 is 0 Å². The average molecular weight is 276 g/mol. The smallest absolute Gasteiger partial charge is 0.258 e. The Morgan fingerprint density at radius 2 is 1.80 bits per heavy atom. The van der Waals surface area contributed by atoms with Crippen molar-refractivity contribution in [1.82, 2.24) is 0 Å². The quantitative estimate of drug-likeness (QED) is 0.904. The van der Waals surface area contributed by atoms with Gasteiger partial charge in [0, 0.05) is 11.7 Å². The fourth-order valence-corrected chi connectivity index (χ4v) is 1.75. The van der Waals surface area contributed by atoms with E-state index in [1.54, 1.807) is 24.3 Å². The SMILES string of the molecule is CC(N)c1ccc(NC(=O)c2cccc(F)c2F)cc1. The predicted octanol–water partition coefficient (Wildman–Crippen LogP) is 3.24. The lowest BCUT2D eigenvalue weighted by Crippen LogP contribution is -2.14. The van der Waals surface area contributed by atoms with Gasteiger partial charge in [0.1, 0.15) is 0 Å². The number of hydrogen-bond acceptors (Lipinski definition) is 2. The number of carbonyl (C=O) groups excluding carboxylic acids is 1. The summed E-state index contributed by atoms with van der Waals surface area (Å²) in [5, 5.41) is 2.51. The second kappa shape index (κ2) is 5.79. The van der Waals surface area contributed by atoms with Gasteiger partial charge in [0.15, 0.2) is 11.6 Å². The molecule has 104 valence electrons. The van der Waals surface area contributed by atoms with E-state index < -0.39 is 17.5 Å². The van der Waals surface area contributed by atoms with Gasteiger partial charge in [-0.1, -0.05) is 18.2 Å². The first-order valence-corrected chi connectivity index (χ1v) is 6.10. The van der Waals surface area contributed by atoms with E-state index in [-0.39, 0.29) is 11.6 Å². The Hall–Kier alpha value is -2.27. The number of halogens is 2. The Bertz CT molecular complexity index is 624. The molecule has 1 atom stereocenters. The molecule has 0 aromatic heterocycles. The zero-order valence-corrected chi connectivity index (χ0v) is 10.9. The van der Waals surface area contributed by atoms with Crippen molar-refractivity contribution >= 4 is 11.6 Å². The van der Waals surface area contributed by atoms with E-state index in [0.717, 1.165) is 11.6 Å². The number of nitrogens with two attached hydrogens (primary N) is 1. The minimum Gasteiger partial charge on any atom is -0.324 e. The maximum atomic E-state index is 13.5. The van der Waals surface area contributed by atoms with Crippen molar-refractivity contribution in [2.75, 3.05) is 5.32 Å². The Morgan fingerprint density at radius 3 is 2.40 bits per heavy atom. The van der Waals surface area contributed by atoms with E-state index in [0.29, 0.717) is 5.69 Å². The lowest BCUT2D eigenvalue weighted by molar-refractivity contribution is 0.102. The monoisotopic (exact) mass is 276 g/mol. The fraction of sp³-hybridized carbons (Fsp3) is 0.133. The molecule has 3 nitrogen and oxygen atoms in total. The third kappa shape index (κ3) is 3.00. The van der Waals surface area contributed by atoms with Crippen molar-refractivity contribution in [2.24, 2.45) is 5.73 Å². The Kier molecular flexibility index (Phi) is 4.10. The van der Waals surface area contributed by atoms with E-state index in [1.807, 2.05) is 6.92 Å². The zero-order chi connectivity index (χ0) is 14.7. The first-order chi connectivity index (χ1) is 9.49. The second-order valence-corrected chi connectivity index (χ2v) is 4.47. The van der Waals surface area contributed by atoms with E-state index in [4.69, 9.17) is 5.73 Å². The van der Waals surface area contributed by atoms with Crippen LogP contribution in [0.2, 0.25) is 0 Å². The summed E-state index contributed by atoms with van der Waals surface area (Å²) in [5.74, 6) is -2.90. The predicted molar refractivity (Wildman–Crippen MR) is 73.4 cm³/mol. The molecule has 1 amide bonds. The van der Waals surface area contributed by atoms with Gasteiger partial charge in [-0.25, -0.2) is 8.78 Å². The van der Waals surface area contributed by atoms with Gasteiger partial charge < -0.3 is 11.1 Å². The molecule has 0 bridgehead atoms. The molecule has 0 heterocycles. The minimum atomic E-state index is -1.16. The molecular formula is C15H14F2N2O. The Balaban J connectivity index is 2.17. The van der Waals surface area contributed by atoms with Crippen molar-refractivity contribution in [2.45, 2.75) is 13.0 Å². The normalized spacial score (nSPS) is 12.0. The molecule has 1 unspecified atom stereocenters. The summed E-state index contributed by atoms with van der Waals surface area (Å²) in [7, 11) is 0. The van der Waals surface area contributed by atoms with Crippen molar-refractivity contribution < 1.29 is 13.6 Å². The van der Waals surface area contributed by atoms with Crippen LogP contribution < -0.4 is 11.1 Å². The summed E-state index contributed by atoms with van der Waals surface area (Å²) in [5.41, 5.74) is 6.79. The third-order valence-corrected chi connectivity index (χ3v) is 2.89. The van der Waals surface area contributed by atoms with E-state index in [1.165, 1.54) is 12.1 Å². The van der Waals surface area contributed by atoms with Crippen LogP contribution in [0.1, 0.15) is 28.9 Å². The summed E-state index contributed by atoms with van der Waals surface area (Å²) < 4.78 is 26.5. The van der Waals surface area contributed by atoms with Gasteiger partial charge in [0.05, 0.1) is 5.56 Å². The molecule has 0 aliphatic carbocycles. The summed E-state index contributed by atoms with van der Waals surface area (Å²) in [6.45, 7) is 1.84. The van der Waals surface area contributed by atoms with Gasteiger partial charge >= 0.3 is 0 Å². The van der Waals surface area contributed by atoms with E-state index in [2.05, 4.69) is 5.32 Å². The second-order valence-electron chi connectivity index (χ2n) is 4.47. The Morgan fingerprint density at radius 1 is 1.15 bits per heavy atom. The number of benzene rings is 2.